The van der Waals surface area contributed by atoms with Gasteiger partial charge in [0.25, 0.3) is 0 Å². The van der Waals surface area contributed by atoms with E-state index < -0.39 is 0 Å². The van der Waals surface area contributed by atoms with Gasteiger partial charge in [-0.15, -0.1) is 0 Å². The summed E-state index contributed by atoms with van der Waals surface area (Å²) in [6, 6.07) is 9.86. The normalized spacial score (nSPS) is 10.1. The van der Waals surface area contributed by atoms with Gasteiger partial charge in [0.15, 0.2) is 0 Å². The molecule has 2 rings (SSSR count). The molecule has 82 valence electrons. The summed E-state index contributed by atoms with van der Waals surface area (Å²) in [7, 11) is 0. The predicted octanol–water partition coefficient (Wildman–Crippen LogP) is 3.16. The van der Waals surface area contributed by atoms with E-state index in [1.54, 1.807) is 0 Å². The van der Waals surface area contributed by atoms with E-state index in [1.807, 2.05) is 37.4 Å². The highest BCUT2D eigenvalue weighted by molar-refractivity contribution is 9.10. The van der Waals surface area contributed by atoms with Crippen molar-refractivity contribution in [2.24, 2.45) is 0 Å². The lowest BCUT2D eigenvalue weighted by molar-refractivity contribution is 1.06. The molecule has 2 aromatic heterocycles. The van der Waals surface area contributed by atoms with Gasteiger partial charge in [0.1, 0.15) is 10.4 Å². The molecule has 0 aliphatic carbocycles. The number of halogens is 1. The lowest BCUT2D eigenvalue weighted by atomic mass is 10.2. The second-order valence-corrected chi connectivity index (χ2v) is 4.32. The Morgan fingerprint density at radius 3 is 2.81 bits per heavy atom. The molecule has 0 amide bonds. The molecule has 0 atom stereocenters. The van der Waals surface area contributed by atoms with Gasteiger partial charge in [-0.2, -0.15) is 0 Å². The van der Waals surface area contributed by atoms with Gasteiger partial charge in [-0.25, -0.2) is 4.98 Å². The molecule has 0 saturated heterocycles. The molecule has 0 spiro atoms. The van der Waals surface area contributed by atoms with Crippen LogP contribution in [0.1, 0.15) is 11.3 Å². The molecule has 16 heavy (non-hydrogen) atoms. The van der Waals surface area contributed by atoms with Crippen molar-refractivity contribution in [2.45, 2.75) is 13.5 Å². The zero-order valence-electron chi connectivity index (χ0n) is 8.94. The van der Waals surface area contributed by atoms with Crippen molar-refractivity contribution >= 4 is 21.7 Å². The highest BCUT2D eigenvalue weighted by Crippen LogP contribution is 2.11. The van der Waals surface area contributed by atoms with Crippen LogP contribution < -0.4 is 5.32 Å². The number of pyridine rings is 2. The number of aryl methyl sites for hydroxylation is 1. The van der Waals surface area contributed by atoms with Crippen molar-refractivity contribution in [1.82, 2.24) is 9.97 Å². The van der Waals surface area contributed by atoms with Crippen LogP contribution in [0.3, 0.4) is 0 Å². The highest BCUT2D eigenvalue weighted by atomic mass is 79.9. The summed E-state index contributed by atoms with van der Waals surface area (Å²) in [6.45, 7) is 2.71. The van der Waals surface area contributed by atoms with E-state index in [0.29, 0.717) is 0 Å². The van der Waals surface area contributed by atoms with Gasteiger partial charge in [-0.3, -0.25) is 4.98 Å². The fourth-order valence-corrected chi connectivity index (χ4v) is 1.65. The van der Waals surface area contributed by atoms with Crippen molar-refractivity contribution in [1.29, 1.82) is 0 Å². The zero-order chi connectivity index (χ0) is 11.4. The Kier molecular flexibility index (Phi) is 3.51. The summed E-state index contributed by atoms with van der Waals surface area (Å²) >= 11 is 3.33. The number of aromatic nitrogens is 2. The third-order valence-electron chi connectivity index (χ3n) is 2.16. The van der Waals surface area contributed by atoms with Crippen molar-refractivity contribution in [3.8, 4) is 0 Å². The first kappa shape index (κ1) is 11.1. The number of anilines is 1. The van der Waals surface area contributed by atoms with E-state index in [4.69, 9.17) is 0 Å². The topological polar surface area (TPSA) is 37.8 Å². The van der Waals surface area contributed by atoms with Gasteiger partial charge in [-0.05, 0) is 46.6 Å². The number of nitrogens with zero attached hydrogens (tertiary/aromatic N) is 2. The first-order chi connectivity index (χ1) is 7.74. The average Bonchev–Trinajstić information content (AvgIpc) is 2.28. The van der Waals surface area contributed by atoms with Crippen LogP contribution in [-0.2, 0) is 6.54 Å². The first-order valence-electron chi connectivity index (χ1n) is 5.02. The Balaban J connectivity index is 1.99. The molecule has 0 unspecified atom stereocenters. The van der Waals surface area contributed by atoms with Crippen molar-refractivity contribution < 1.29 is 0 Å². The van der Waals surface area contributed by atoms with Crippen LogP contribution in [0.2, 0.25) is 0 Å². The summed E-state index contributed by atoms with van der Waals surface area (Å²) in [5.41, 5.74) is 2.18. The monoisotopic (exact) mass is 277 g/mol. The maximum atomic E-state index is 4.29. The molecular formula is C12H12BrN3. The molecule has 2 heterocycles. The minimum Gasteiger partial charge on any atom is -0.366 e. The smallest absolute Gasteiger partial charge is 0.127 e. The molecule has 0 saturated carbocycles. The standard InChI is InChI=1S/C12H12BrN3/c1-9-5-6-10(7-14-9)8-15-12-4-2-3-11(13)16-12/h2-7H,8H2,1H3,(H,15,16). The van der Waals surface area contributed by atoms with Gasteiger partial charge in [-0.1, -0.05) is 12.1 Å². The molecule has 0 fully saturated rings. The summed E-state index contributed by atoms with van der Waals surface area (Å²) in [5.74, 6) is 0.856. The molecule has 0 radical (unpaired) electrons. The lowest BCUT2D eigenvalue weighted by Crippen LogP contribution is -2.01. The minimum atomic E-state index is 0.733. The van der Waals surface area contributed by atoms with Gasteiger partial charge >= 0.3 is 0 Å². The number of hydrogen-bond acceptors (Lipinski definition) is 3. The Morgan fingerprint density at radius 2 is 2.12 bits per heavy atom. The fraction of sp³-hybridized carbons (Fsp3) is 0.167. The average molecular weight is 278 g/mol. The molecule has 0 bridgehead atoms. The van der Waals surface area contributed by atoms with E-state index in [1.165, 1.54) is 0 Å². The molecular weight excluding hydrogens is 266 g/mol. The van der Waals surface area contributed by atoms with Crippen LogP contribution in [0.4, 0.5) is 5.82 Å². The van der Waals surface area contributed by atoms with Crippen LogP contribution in [0.5, 0.6) is 0 Å². The van der Waals surface area contributed by atoms with Crippen LogP contribution in [0.25, 0.3) is 0 Å². The van der Waals surface area contributed by atoms with Crippen LogP contribution in [-0.4, -0.2) is 9.97 Å². The van der Waals surface area contributed by atoms with Gasteiger partial charge in [0.2, 0.25) is 0 Å². The van der Waals surface area contributed by atoms with E-state index in [-0.39, 0.29) is 0 Å². The largest absolute Gasteiger partial charge is 0.366 e. The Morgan fingerprint density at radius 1 is 1.25 bits per heavy atom. The highest BCUT2D eigenvalue weighted by Gasteiger charge is 1.96. The Hall–Kier alpha value is -1.42. The third-order valence-corrected chi connectivity index (χ3v) is 2.60. The minimum absolute atomic E-state index is 0.733. The van der Waals surface area contributed by atoms with Crippen LogP contribution >= 0.6 is 15.9 Å². The van der Waals surface area contributed by atoms with Gasteiger partial charge < -0.3 is 5.32 Å². The maximum Gasteiger partial charge on any atom is 0.127 e. The van der Waals surface area contributed by atoms with E-state index in [2.05, 4.69) is 37.3 Å². The summed E-state index contributed by atoms with van der Waals surface area (Å²) in [5, 5.41) is 3.24. The first-order valence-corrected chi connectivity index (χ1v) is 5.81. The van der Waals surface area contributed by atoms with E-state index in [9.17, 15) is 0 Å². The molecule has 3 nitrogen and oxygen atoms in total. The number of hydrogen-bond donors (Lipinski definition) is 1. The molecule has 1 N–H and O–H groups in total. The van der Waals surface area contributed by atoms with Crippen LogP contribution in [0.15, 0.2) is 41.1 Å². The number of nitrogens with one attached hydrogen (secondary N) is 1. The second kappa shape index (κ2) is 5.07. The molecule has 0 aliphatic rings. The van der Waals surface area contributed by atoms with Gasteiger partial charge in [0, 0.05) is 18.4 Å². The summed E-state index contributed by atoms with van der Waals surface area (Å²) in [4.78, 5) is 8.53. The molecule has 0 aliphatic heterocycles. The van der Waals surface area contributed by atoms with Gasteiger partial charge in [0.05, 0.1) is 0 Å². The summed E-state index contributed by atoms with van der Waals surface area (Å²) in [6.07, 6.45) is 1.88. The van der Waals surface area contributed by atoms with E-state index >= 15 is 0 Å². The zero-order valence-corrected chi connectivity index (χ0v) is 10.5. The number of rotatable bonds is 3. The maximum absolute atomic E-state index is 4.29. The Bertz CT molecular complexity index is 468. The van der Waals surface area contributed by atoms with Crippen molar-refractivity contribution in [3.63, 3.8) is 0 Å². The van der Waals surface area contributed by atoms with Crippen molar-refractivity contribution in [2.75, 3.05) is 5.32 Å². The molecule has 4 heteroatoms. The Labute approximate surface area is 103 Å². The second-order valence-electron chi connectivity index (χ2n) is 3.51. The van der Waals surface area contributed by atoms with Crippen molar-refractivity contribution in [3.05, 3.63) is 52.4 Å². The third kappa shape index (κ3) is 3.03. The quantitative estimate of drug-likeness (QED) is 0.876. The summed E-state index contributed by atoms with van der Waals surface area (Å²) < 4.78 is 0.833. The molecule has 2 aromatic rings. The lowest BCUT2D eigenvalue weighted by Gasteiger charge is -2.05. The molecule has 0 aromatic carbocycles. The van der Waals surface area contributed by atoms with Crippen LogP contribution in [0, 0.1) is 6.92 Å². The fourth-order valence-electron chi connectivity index (χ4n) is 1.30. The van der Waals surface area contributed by atoms with E-state index in [0.717, 1.165) is 28.2 Å². The predicted molar refractivity (Wildman–Crippen MR) is 68.2 cm³/mol. The SMILES string of the molecule is Cc1ccc(CNc2cccc(Br)n2)cn1.